The molecule has 5 nitrogen and oxygen atoms in total. The highest BCUT2D eigenvalue weighted by Crippen LogP contribution is 2.33. The number of alkyl halides is 3. The smallest absolute Gasteiger partial charge is 0.417 e. The van der Waals surface area contributed by atoms with Crippen molar-refractivity contribution in [3.8, 4) is 5.88 Å². The minimum absolute atomic E-state index is 0.415. The van der Waals surface area contributed by atoms with E-state index in [1.807, 2.05) is 5.32 Å². The molecule has 9 heteroatoms. The van der Waals surface area contributed by atoms with Gasteiger partial charge in [-0.05, 0) is 12.1 Å². The first-order valence-electron chi connectivity index (χ1n) is 5.46. The summed E-state index contributed by atoms with van der Waals surface area (Å²) < 4.78 is 50.9. The van der Waals surface area contributed by atoms with Crippen LogP contribution in [0.5, 0.6) is 5.88 Å². The highest BCUT2D eigenvalue weighted by molar-refractivity contribution is 6.04. The second-order valence-corrected chi connectivity index (χ2v) is 3.90. The molecule has 2 aromatic rings. The fourth-order valence-corrected chi connectivity index (χ4v) is 1.45. The van der Waals surface area contributed by atoms with E-state index in [1.54, 1.807) is 0 Å². The second kappa shape index (κ2) is 5.35. The molecular weight excluding hydrogens is 294 g/mol. The molecule has 0 atom stereocenters. The second-order valence-electron chi connectivity index (χ2n) is 3.90. The van der Waals surface area contributed by atoms with Gasteiger partial charge in [0.15, 0.2) is 5.82 Å². The lowest BCUT2D eigenvalue weighted by Crippen LogP contribution is -2.15. The van der Waals surface area contributed by atoms with Gasteiger partial charge in [-0.3, -0.25) is 9.78 Å². The number of halogens is 4. The van der Waals surface area contributed by atoms with Crippen LogP contribution in [-0.2, 0) is 6.18 Å². The predicted molar refractivity (Wildman–Crippen MR) is 63.1 cm³/mol. The number of carbonyl (C=O) groups excluding carboxylic acids is 1. The largest absolute Gasteiger partial charge is 0.492 e. The van der Waals surface area contributed by atoms with Gasteiger partial charge in [0, 0.05) is 12.4 Å². The standard InChI is InChI=1S/C12H7F4N3O2/c13-8-5-17-2-1-7(8)10(20)19-9-3-6(12(14,15)16)4-18-11(9)21/h1-5H,(H,18,21)(H,19,20). The molecule has 2 heterocycles. The van der Waals surface area contributed by atoms with E-state index in [0.29, 0.717) is 12.3 Å². The molecule has 0 aromatic carbocycles. The monoisotopic (exact) mass is 301 g/mol. The van der Waals surface area contributed by atoms with Gasteiger partial charge in [-0.15, -0.1) is 0 Å². The van der Waals surface area contributed by atoms with Crippen molar-refractivity contribution < 1.29 is 27.5 Å². The van der Waals surface area contributed by atoms with Crippen molar-refractivity contribution in [2.45, 2.75) is 6.18 Å². The van der Waals surface area contributed by atoms with E-state index in [-0.39, 0.29) is 0 Å². The number of carbonyl (C=O) groups is 1. The van der Waals surface area contributed by atoms with Crippen molar-refractivity contribution >= 4 is 11.6 Å². The maximum Gasteiger partial charge on any atom is 0.417 e. The molecule has 21 heavy (non-hydrogen) atoms. The van der Waals surface area contributed by atoms with Crippen LogP contribution in [0.3, 0.4) is 0 Å². The molecule has 0 spiro atoms. The van der Waals surface area contributed by atoms with E-state index in [4.69, 9.17) is 0 Å². The molecule has 0 radical (unpaired) electrons. The summed E-state index contributed by atoms with van der Waals surface area (Å²) in [6, 6.07) is 1.54. The molecule has 2 rings (SSSR count). The number of rotatable bonds is 2. The maximum absolute atomic E-state index is 13.3. The molecule has 0 unspecified atom stereocenters. The summed E-state index contributed by atoms with van der Waals surface area (Å²) in [7, 11) is 0. The molecule has 1 amide bonds. The minimum atomic E-state index is -4.69. The molecule has 2 aromatic heterocycles. The molecule has 0 aliphatic heterocycles. The number of pyridine rings is 2. The molecule has 0 fully saturated rings. The van der Waals surface area contributed by atoms with Crippen molar-refractivity contribution in [3.05, 3.63) is 47.7 Å². The van der Waals surface area contributed by atoms with Gasteiger partial charge in [0.2, 0.25) is 5.88 Å². The first-order valence-corrected chi connectivity index (χ1v) is 5.46. The molecule has 0 aliphatic carbocycles. The Balaban J connectivity index is 2.31. The predicted octanol–water partition coefficient (Wildman–Crippen LogP) is 2.59. The third kappa shape index (κ3) is 3.25. The SMILES string of the molecule is O=C(Nc1cc(C(F)(F)F)cnc1O)c1ccncc1F. The van der Waals surface area contributed by atoms with Gasteiger partial charge in [0.25, 0.3) is 5.91 Å². The van der Waals surface area contributed by atoms with Gasteiger partial charge in [-0.1, -0.05) is 0 Å². The number of anilines is 1. The molecule has 0 saturated carbocycles. The van der Waals surface area contributed by atoms with Crippen LogP contribution in [0.25, 0.3) is 0 Å². The zero-order valence-electron chi connectivity index (χ0n) is 10.1. The average molecular weight is 301 g/mol. The Morgan fingerprint density at radius 1 is 1.29 bits per heavy atom. The van der Waals surface area contributed by atoms with Crippen LogP contribution in [0, 0.1) is 5.82 Å². The van der Waals surface area contributed by atoms with Crippen LogP contribution in [0.15, 0.2) is 30.7 Å². The van der Waals surface area contributed by atoms with Crippen molar-refractivity contribution in [1.29, 1.82) is 0 Å². The molecule has 2 N–H and O–H groups in total. The first-order chi connectivity index (χ1) is 9.79. The lowest BCUT2D eigenvalue weighted by atomic mass is 10.2. The van der Waals surface area contributed by atoms with Crippen LogP contribution in [0.2, 0.25) is 0 Å². The molecule has 0 bridgehead atoms. The van der Waals surface area contributed by atoms with E-state index in [9.17, 15) is 27.5 Å². The number of nitrogens with zero attached hydrogens (tertiary/aromatic N) is 2. The lowest BCUT2D eigenvalue weighted by Gasteiger charge is -2.11. The molecule has 0 aliphatic rings. The molecular formula is C12H7F4N3O2. The van der Waals surface area contributed by atoms with Gasteiger partial charge in [0.1, 0.15) is 5.69 Å². The van der Waals surface area contributed by atoms with E-state index >= 15 is 0 Å². The van der Waals surface area contributed by atoms with E-state index < -0.39 is 40.6 Å². The Kier molecular flexibility index (Phi) is 3.74. The van der Waals surface area contributed by atoms with Crippen molar-refractivity contribution in [2.24, 2.45) is 0 Å². The van der Waals surface area contributed by atoms with Crippen LogP contribution >= 0.6 is 0 Å². The fourth-order valence-electron chi connectivity index (χ4n) is 1.45. The van der Waals surface area contributed by atoms with Gasteiger partial charge in [-0.25, -0.2) is 9.37 Å². The number of aromatic nitrogens is 2. The van der Waals surface area contributed by atoms with Gasteiger partial charge < -0.3 is 10.4 Å². The maximum atomic E-state index is 13.3. The van der Waals surface area contributed by atoms with Gasteiger partial charge in [0.05, 0.1) is 17.3 Å². The van der Waals surface area contributed by atoms with Crippen LogP contribution < -0.4 is 5.32 Å². The highest BCUT2D eigenvalue weighted by atomic mass is 19.4. The van der Waals surface area contributed by atoms with Crippen molar-refractivity contribution in [3.63, 3.8) is 0 Å². The quantitative estimate of drug-likeness (QED) is 0.836. The Labute approximate surface area is 115 Å². The minimum Gasteiger partial charge on any atom is -0.492 e. The topological polar surface area (TPSA) is 75.1 Å². The number of hydrogen-bond donors (Lipinski definition) is 2. The Bertz CT molecular complexity index is 688. The summed E-state index contributed by atoms with van der Waals surface area (Å²) in [5.74, 6) is -2.80. The zero-order chi connectivity index (χ0) is 15.6. The Morgan fingerprint density at radius 2 is 2.00 bits per heavy atom. The Hall–Kier alpha value is -2.71. The number of nitrogens with one attached hydrogen (secondary N) is 1. The van der Waals surface area contributed by atoms with E-state index in [0.717, 1.165) is 18.5 Å². The molecule has 110 valence electrons. The summed E-state index contributed by atoms with van der Waals surface area (Å²) in [5, 5.41) is 11.3. The van der Waals surface area contributed by atoms with Gasteiger partial charge in [-0.2, -0.15) is 13.2 Å². The Morgan fingerprint density at radius 3 is 2.62 bits per heavy atom. The van der Waals surface area contributed by atoms with Crippen LogP contribution in [0.4, 0.5) is 23.2 Å². The first kappa shape index (κ1) is 14.7. The summed E-state index contributed by atoms with van der Waals surface area (Å²) >= 11 is 0. The normalized spacial score (nSPS) is 11.2. The number of hydrogen-bond acceptors (Lipinski definition) is 4. The number of amides is 1. The van der Waals surface area contributed by atoms with Gasteiger partial charge >= 0.3 is 6.18 Å². The lowest BCUT2D eigenvalue weighted by molar-refractivity contribution is -0.137. The third-order valence-corrected chi connectivity index (χ3v) is 2.46. The average Bonchev–Trinajstić information content (AvgIpc) is 2.40. The van der Waals surface area contributed by atoms with Crippen LogP contribution in [-0.4, -0.2) is 21.0 Å². The summed E-state index contributed by atoms with van der Waals surface area (Å²) in [5.41, 5.74) is -2.17. The summed E-state index contributed by atoms with van der Waals surface area (Å²) in [4.78, 5) is 18.3. The fraction of sp³-hybridized carbons (Fsp3) is 0.0833. The highest BCUT2D eigenvalue weighted by Gasteiger charge is 2.32. The summed E-state index contributed by atoms with van der Waals surface area (Å²) in [6.07, 6.45) is -2.36. The van der Waals surface area contributed by atoms with Crippen LogP contribution in [0.1, 0.15) is 15.9 Å². The molecule has 0 saturated heterocycles. The summed E-state index contributed by atoms with van der Waals surface area (Å²) in [6.45, 7) is 0. The number of aromatic hydroxyl groups is 1. The van der Waals surface area contributed by atoms with Crippen molar-refractivity contribution in [1.82, 2.24) is 9.97 Å². The zero-order valence-corrected chi connectivity index (χ0v) is 10.1. The van der Waals surface area contributed by atoms with E-state index in [1.165, 1.54) is 0 Å². The van der Waals surface area contributed by atoms with Crippen molar-refractivity contribution in [2.75, 3.05) is 5.32 Å². The third-order valence-electron chi connectivity index (χ3n) is 2.46. The van der Waals surface area contributed by atoms with E-state index in [2.05, 4.69) is 9.97 Å².